The number of oxime groups is 1. The molecule has 1 aliphatic heterocycles. The van der Waals surface area contributed by atoms with Crippen LogP contribution >= 0.6 is 0 Å². The van der Waals surface area contributed by atoms with Crippen molar-refractivity contribution in [1.82, 2.24) is 0 Å². The van der Waals surface area contributed by atoms with E-state index < -0.39 is 0 Å². The van der Waals surface area contributed by atoms with Crippen molar-refractivity contribution in [1.29, 1.82) is 0 Å². The van der Waals surface area contributed by atoms with Crippen molar-refractivity contribution in [2.45, 2.75) is 84.2 Å². The Kier molecular flexibility index (Phi) is 4.50. The summed E-state index contributed by atoms with van der Waals surface area (Å²) >= 11 is 0. The van der Waals surface area contributed by atoms with Crippen molar-refractivity contribution in [3.63, 3.8) is 0 Å². The standard InChI is InChI=1S/C21H31NO3/c1-6-7-9-20(2,3)13-11-15(23)17-14-8-10-21(4,5)19(22-24)18(14)25-16(17)12-13/h11-12,14,18,23-24H,6-10H2,1-5H3/b22-19+. The van der Waals surface area contributed by atoms with Crippen LogP contribution in [0.5, 0.6) is 11.5 Å². The Hall–Kier alpha value is -1.71. The van der Waals surface area contributed by atoms with Crippen LogP contribution < -0.4 is 4.74 Å². The van der Waals surface area contributed by atoms with E-state index >= 15 is 0 Å². The van der Waals surface area contributed by atoms with Gasteiger partial charge in [-0.3, -0.25) is 0 Å². The van der Waals surface area contributed by atoms with E-state index in [0.29, 0.717) is 11.5 Å². The number of phenols is 1. The number of ether oxygens (including phenoxy) is 1. The number of hydrogen-bond donors (Lipinski definition) is 2. The topological polar surface area (TPSA) is 62.0 Å². The van der Waals surface area contributed by atoms with Gasteiger partial charge in [-0.1, -0.05) is 52.6 Å². The summed E-state index contributed by atoms with van der Waals surface area (Å²) in [6.45, 7) is 10.8. The third kappa shape index (κ3) is 3.00. The van der Waals surface area contributed by atoms with Gasteiger partial charge >= 0.3 is 0 Å². The molecule has 3 rings (SSSR count). The van der Waals surface area contributed by atoms with E-state index in [1.54, 1.807) is 0 Å². The summed E-state index contributed by atoms with van der Waals surface area (Å²) in [5.41, 5.74) is 2.49. The zero-order valence-corrected chi connectivity index (χ0v) is 16.1. The van der Waals surface area contributed by atoms with Gasteiger partial charge in [0, 0.05) is 16.9 Å². The highest BCUT2D eigenvalue weighted by Crippen LogP contribution is 2.53. The molecule has 2 unspecified atom stereocenters. The molecule has 1 aliphatic carbocycles. The van der Waals surface area contributed by atoms with Crippen LogP contribution in [0.2, 0.25) is 0 Å². The van der Waals surface area contributed by atoms with Gasteiger partial charge in [0.1, 0.15) is 23.3 Å². The maximum Gasteiger partial charge on any atom is 0.148 e. The monoisotopic (exact) mass is 345 g/mol. The van der Waals surface area contributed by atoms with Crippen LogP contribution in [-0.4, -0.2) is 22.1 Å². The first-order chi connectivity index (χ1) is 11.7. The fraction of sp³-hybridized carbons (Fsp3) is 0.667. The van der Waals surface area contributed by atoms with Crippen molar-refractivity contribution in [2.24, 2.45) is 10.6 Å². The minimum Gasteiger partial charge on any atom is -0.508 e. The Morgan fingerprint density at radius 2 is 2.04 bits per heavy atom. The summed E-state index contributed by atoms with van der Waals surface area (Å²) in [5.74, 6) is 1.15. The first kappa shape index (κ1) is 18.1. The van der Waals surface area contributed by atoms with E-state index in [2.05, 4.69) is 45.8 Å². The first-order valence-corrected chi connectivity index (χ1v) is 9.47. The molecule has 4 heteroatoms. The zero-order valence-electron chi connectivity index (χ0n) is 16.1. The molecule has 1 fully saturated rings. The van der Waals surface area contributed by atoms with Crippen LogP contribution in [0.4, 0.5) is 0 Å². The minimum atomic E-state index is -0.274. The highest BCUT2D eigenvalue weighted by atomic mass is 16.5. The van der Waals surface area contributed by atoms with Crippen LogP contribution in [0.25, 0.3) is 0 Å². The molecule has 0 spiro atoms. The van der Waals surface area contributed by atoms with Gasteiger partial charge in [0.05, 0.1) is 0 Å². The van der Waals surface area contributed by atoms with Crippen LogP contribution in [0.1, 0.15) is 83.8 Å². The second kappa shape index (κ2) is 6.22. The summed E-state index contributed by atoms with van der Waals surface area (Å²) in [6, 6.07) is 4.00. The number of aromatic hydroxyl groups is 1. The van der Waals surface area contributed by atoms with Crippen molar-refractivity contribution < 1.29 is 15.1 Å². The SMILES string of the molecule is CCCCC(C)(C)c1cc(O)c2c(c1)OC1/C(=N\O)C(C)(C)CCC21. The first-order valence-electron chi connectivity index (χ1n) is 9.47. The van der Waals surface area contributed by atoms with Crippen LogP contribution in [0, 0.1) is 5.41 Å². The van der Waals surface area contributed by atoms with Gasteiger partial charge < -0.3 is 15.1 Å². The van der Waals surface area contributed by atoms with Crippen LogP contribution in [-0.2, 0) is 5.41 Å². The lowest BCUT2D eigenvalue weighted by Crippen LogP contribution is -2.44. The normalized spacial score (nSPS) is 26.2. The van der Waals surface area contributed by atoms with E-state index in [1.165, 1.54) is 0 Å². The third-order valence-electron chi connectivity index (χ3n) is 6.20. The fourth-order valence-corrected chi connectivity index (χ4v) is 4.37. The lowest BCUT2D eigenvalue weighted by Gasteiger charge is -2.37. The van der Waals surface area contributed by atoms with E-state index in [9.17, 15) is 10.3 Å². The molecule has 0 radical (unpaired) electrons. The molecule has 0 bridgehead atoms. The molecule has 25 heavy (non-hydrogen) atoms. The molecule has 138 valence electrons. The molecule has 2 atom stereocenters. The number of fused-ring (bicyclic) bond motifs is 3. The smallest absolute Gasteiger partial charge is 0.148 e. The van der Waals surface area contributed by atoms with Gasteiger partial charge in [-0.05, 0) is 42.4 Å². The molecule has 1 heterocycles. The zero-order chi connectivity index (χ0) is 18.4. The number of phenolic OH excluding ortho intramolecular Hbond substituents is 1. The van der Waals surface area contributed by atoms with E-state index in [1.807, 2.05) is 6.07 Å². The molecule has 0 saturated heterocycles. The third-order valence-corrected chi connectivity index (χ3v) is 6.20. The van der Waals surface area contributed by atoms with Crippen molar-refractivity contribution in [3.05, 3.63) is 23.3 Å². The summed E-state index contributed by atoms with van der Waals surface area (Å²) in [5, 5.41) is 23.9. The maximum atomic E-state index is 10.7. The van der Waals surface area contributed by atoms with Crippen molar-refractivity contribution in [3.8, 4) is 11.5 Å². The van der Waals surface area contributed by atoms with E-state index in [0.717, 1.165) is 49.0 Å². The second-order valence-electron chi connectivity index (χ2n) is 8.95. The molecule has 2 aliphatic rings. The predicted octanol–water partition coefficient (Wildman–Crippen LogP) is 5.35. The molecule has 1 aromatic rings. The van der Waals surface area contributed by atoms with Gasteiger partial charge in [-0.25, -0.2) is 0 Å². The molecule has 1 aromatic carbocycles. The van der Waals surface area contributed by atoms with Crippen LogP contribution in [0.3, 0.4) is 0 Å². The van der Waals surface area contributed by atoms with Crippen molar-refractivity contribution in [2.75, 3.05) is 0 Å². The van der Waals surface area contributed by atoms with E-state index in [4.69, 9.17) is 4.74 Å². The number of hydrogen-bond acceptors (Lipinski definition) is 4. The Bertz CT molecular complexity index is 691. The summed E-state index contributed by atoms with van der Waals surface area (Å²) in [4.78, 5) is 0. The van der Waals surface area contributed by atoms with Gasteiger partial charge in [-0.15, -0.1) is 0 Å². The van der Waals surface area contributed by atoms with Crippen molar-refractivity contribution >= 4 is 5.71 Å². The molecule has 1 saturated carbocycles. The highest BCUT2D eigenvalue weighted by molar-refractivity contribution is 5.96. The molecule has 2 N–H and O–H groups in total. The number of benzene rings is 1. The lowest BCUT2D eigenvalue weighted by atomic mass is 9.68. The average molecular weight is 345 g/mol. The maximum absolute atomic E-state index is 10.7. The van der Waals surface area contributed by atoms with Gasteiger partial charge in [0.25, 0.3) is 0 Å². The Balaban J connectivity index is 1.98. The molecule has 0 aromatic heterocycles. The molecule has 4 nitrogen and oxygen atoms in total. The average Bonchev–Trinajstić information content (AvgIpc) is 2.91. The Labute approximate surface area is 150 Å². The lowest BCUT2D eigenvalue weighted by molar-refractivity contribution is 0.201. The number of nitrogens with zero attached hydrogens (tertiary/aromatic N) is 1. The van der Waals surface area contributed by atoms with Gasteiger partial charge in [0.2, 0.25) is 0 Å². The minimum absolute atomic E-state index is 0.00713. The largest absolute Gasteiger partial charge is 0.508 e. The summed E-state index contributed by atoms with van der Waals surface area (Å²) in [7, 11) is 0. The molecular weight excluding hydrogens is 314 g/mol. The second-order valence-corrected chi connectivity index (χ2v) is 8.95. The quantitative estimate of drug-likeness (QED) is 0.571. The summed E-state index contributed by atoms with van der Waals surface area (Å²) in [6.07, 6.45) is 4.96. The number of unbranched alkanes of at least 4 members (excludes halogenated alkanes) is 1. The van der Waals surface area contributed by atoms with Crippen LogP contribution in [0.15, 0.2) is 17.3 Å². The van der Waals surface area contributed by atoms with E-state index in [-0.39, 0.29) is 22.9 Å². The summed E-state index contributed by atoms with van der Waals surface area (Å²) < 4.78 is 6.22. The molecular formula is C21H31NO3. The van der Waals surface area contributed by atoms with Gasteiger partial charge in [-0.2, -0.15) is 0 Å². The number of rotatable bonds is 4. The fourth-order valence-electron chi connectivity index (χ4n) is 4.37. The highest BCUT2D eigenvalue weighted by Gasteiger charge is 2.49. The predicted molar refractivity (Wildman–Crippen MR) is 100 cm³/mol. The van der Waals surface area contributed by atoms with Gasteiger partial charge in [0.15, 0.2) is 0 Å². The molecule has 0 amide bonds. The Morgan fingerprint density at radius 1 is 1.32 bits per heavy atom. The Morgan fingerprint density at radius 3 is 2.68 bits per heavy atom.